The molecule has 6 heteroatoms. The van der Waals surface area contributed by atoms with Crippen LogP contribution in [0, 0.1) is 6.92 Å². The highest BCUT2D eigenvalue weighted by molar-refractivity contribution is 9.10. The smallest absolute Gasteiger partial charge is 0.243 e. The molecule has 0 N–H and O–H groups in total. The molecule has 1 aliphatic heterocycles. The first-order chi connectivity index (χ1) is 8.93. The van der Waals surface area contributed by atoms with Crippen molar-refractivity contribution in [3.8, 4) is 0 Å². The van der Waals surface area contributed by atoms with Crippen LogP contribution in [0.15, 0.2) is 27.6 Å². The lowest BCUT2D eigenvalue weighted by atomic mass is 10.1. The molecule has 106 valence electrons. The van der Waals surface area contributed by atoms with E-state index in [2.05, 4.69) is 15.9 Å². The SMILES string of the molecule is COC1CCN(S(=O)(=O)c2cc(C)cc(Br)c2)CC1. The number of ether oxygens (including phenoxy) is 1. The van der Waals surface area contributed by atoms with Crippen molar-refractivity contribution < 1.29 is 13.2 Å². The van der Waals surface area contributed by atoms with Gasteiger partial charge >= 0.3 is 0 Å². The quantitative estimate of drug-likeness (QED) is 0.844. The molecule has 0 unspecified atom stereocenters. The molecule has 1 fully saturated rings. The summed E-state index contributed by atoms with van der Waals surface area (Å²) >= 11 is 3.35. The van der Waals surface area contributed by atoms with E-state index in [4.69, 9.17) is 4.74 Å². The maximum atomic E-state index is 12.6. The number of halogens is 1. The Morgan fingerprint density at radius 3 is 2.42 bits per heavy atom. The highest BCUT2D eigenvalue weighted by atomic mass is 79.9. The summed E-state index contributed by atoms with van der Waals surface area (Å²) < 4.78 is 32.7. The van der Waals surface area contributed by atoms with Gasteiger partial charge in [-0.3, -0.25) is 0 Å². The van der Waals surface area contributed by atoms with Gasteiger partial charge in [-0.05, 0) is 43.5 Å². The minimum atomic E-state index is -3.39. The molecule has 2 rings (SSSR count). The zero-order chi connectivity index (χ0) is 14.0. The summed E-state index contributed by atoms with van der Waals surface area (Å²) in [5.41, 5.74) is 0.930. The number of aryl methyl sites for hydroxylation is 1. The Kier molecular flexibility index (Phi) is 4.66. The summed E-state index contributed by atoms with van der Waals surface area (Å²) in [5, 5.41) is 0. The fourth-order valence-corrected chi connectivity index (χ4v) is 4.67. The summed E-state index contributed by atoms with van der Waals surface area (Å²) in [6.07, 6.45) is 1.68. The third-order valence-electron chi connectivity index (χ3n) is 3.39. The number of sulfonamides is 1. The largest absolute Gasteiger partial charge is 0.381 e. The van der Waals surface area contributed by atoms with E-state index in [1.165, 1.54) is 0 Å². The number of benzene rings is 1. The van der Waals surface area contributed by atoms with Crippen molar-refractivity contribution in [2.24, 2.45) is 0 Å². The Labute approximate surface area is 122 Å². The van der Waals surface area contributed by atoms with Crippen LogP contribution in [0.1, 0.15) is 18.4 Å². The molecule has 1 aromatic carbocycles. The molecule has 0 aliphatic carbocycles. The van der Waals surface area contributed by atoms with Crippen LogP contribution in [0.3, 0.4) is 0 Å². The summed E-state index contributed by atoms with van der Waals surface area (Å²) in [5.74, 6) is 0. The van der Waals surface area contributed by atoms with Gasteiger partial charge in [0.1, 0.15) is 0 Å². The van der Waals surface area contributed by atoms with Gasteiger partial charge in [0.2, 0.25) is 10.0 Å². The van der Waals surface area contributed by atoms with E-state index in [0.717, 1.165) is 22.9 Å². The molecule has 0 spiro atoms. The van der Waals surface area contributed by atoms with Crippen LogP contribution in [-0.4, -0.2) is 39.0 Å². The number of piperidine rings is 1. The highest BCUT2D eigenvalue weighted by Gasteiger charge is 2.29. The molecule has 1 aromatic rings. The van der Waals surface area contributed by atoms with Crippen molar-refractivity contribution in [1.29, 1.82) is 0 Å². The van der Waals surface area contributed by atoms with Crippen LogP contribution in [0.5, 0.6) is 0 Å². The average molecular weight is 348 g/mol. The topological polar surface area (TPSA) is 46.6 Å². The van der Waals surface area contributed by atoms with Gasteiger partial charge in [-0.15, -0.1) is 0 Å². The Bertz CT molecular complexity index is 531. The van der Waals surface area contributed by atoms with E-state index in [1.807, 2.05) is 13.0 Å². The zero-order valence-electron chi connectivity index (χ0n) is 11.1. The van der Waals surface area contributed by atoms with Crippen LogP contribution in [0.2, 0.25) is 0 Å². The third kappa shape index (κ3) is 3.37. The molecule has 0 saturated carbocycles. The fraction of sp³-hybridized carbons (Fsp3) is 0.538. The van der Waals surface area contributed by atoms with Crippen LogP contribution in [0.4, 0.5) is 0 Å². The minimum absolute atomic E-state index is 0.177. The first-order valence-corrected chi connectivity index (χ1v) is 8.47. The maximum Gasteiger partial charge on any atom is 0.243 e. The van der Waals surface area contributed by atoms with E-state index in [1.54, 1.807) is 23.5 Å². The summed E-state index contributed by atoms with van der Waals surface area (Å²) in [6.45, 7) is 2.93. The molecule has 0 atom stereocenters. The summed E-state index contributed by atoms with van der Waals surface area (Å²) in [7, 11) is -1.72. The molecule has 0 aromatic heterocycles. The van der Waals surface area contributed by atoms with Crippen molar-refractivity contribution in [3.63, 3.8) is 0 Å². The summed E-state index contributed by atoms with van der Waals surface area (Å²) in [6, 6.07) is 5.27. The van der Waals surface area contributed by atoms with Crippen molar-refractivity contribution in [3.05, 3.63) is 28.2 Å². The Balaban J connectivity index is 2.23. The van der Waals surface area contributed by atoms with Gasteiger partial charge in [0.15, 0.2) is 0 Å². The van der Waals surface area contributed by atoms with Crippen LogP contribution in [-0.2, 0) is 14.8 Å². The van der Waals surface area contributed by atoms with E-state index in [-0.39, 0.29) is 6.10 Å². The van der Waals surface area contributed by atoms with E-state index in [0.29, 0.717) is 18.0 Å². The molecule has 1 saturated heterocycles. The van der Waals surface area contributed by atoms with E-state index < -0.39 is 10.0 Å². The zero-order valence-corrected chi connectivity index (χ0v) is 13.5. The van der Waals surface area contributed by atoms with Crippen molar-refractivity contribution in [2.45, 2.75) is 30.8 Å². The van der Waals surface area contributed by atoms with Gasteiger partial charge in [-0.1, -0.05) is 15.9 Å². The lowest BCUT2D eigenvalue weighted by Gasteiger charge is -2.30. The van der Waals surface area contributed by atoms with E-state index >= 15 is 0 Å². The molecular weight excluding hydrogens is 330 g/mol. The van der Waals surface area contributed by atoms with Crippen molar-refractivity contribution >= 4 is 26.0 Å². The second-order valence-electron chi connectivity index (χ2n) is 4.80. The average Bonchev–Trinajstić information content (AvgIpc) is 2.37. The van der Waals surface area contributed by atoms with Crippen molar-refractivity contribution in [1.82, 2.24) is 4.31 Å². The van der Waals surface area contributed by atoms with Crippen LogP contribution >= 0.6 is 15.9 Å². The molecule has 0 radical (unpaired) electrons. The number of hydrogen-bond acceptors (Lipinski definition) is 3. The van der Waals surface area contributed by atoms with Crippen LogP contribution < -0.4 is 0 Å². The monoisotopic (exact) mass is 347 g/mol. The molecule has 0 amide bonds. The van der Waals surface area contributed by atoms with Gasteiger partial charge in [0.05, 0.1) is 11.0 Å². The molecule has 0 bridgehead atoms. The van der Waals surface area contributed by atoms with Gasteiger partial charge in [-0.25, -0.2) is 8.42 Å². The normalized spacial score (nSPS) is 18.7. The molecule has 1 aliphatic rings. The number of methoxy groups -OCH3 is 1. The van der Waals surface area contributed by atoms with Gasteiger partial charge in [0, 0.05) is 24.7 Å². The van der Waals surface area contributed by atoms with Gasteiger partial charge < -0.3 is 4.74 Å². The third-order valence-corrected chi connectivity index (χ3v) is 5.72. The Hall–Kier alpha value is -0.430. The van der Waals surface area contributed by atoms with Crippen molar-refractivity contribution in [2.75, 3.05) is 20.2 Å². The standard InChI is InChI=1S/C13H18BrNO3S/c1-10-7-11(14)9-13(8-10)19(16,17)15-5-3-12(18-2)4-6-15/h7-9,12H,3-6H2,1-2H3. The first kappa shape index (κ1) is 15.0. The number of hydrogen-bond donors (Lipinski definition) is 0. The second kappa shape index (κ2) is 5.91. The summed E-state index contributed by atoms with van der Waals surface area (Å²) in [4.78, 5) is 0.357. The first-order valence-electron chi connectivity index (χ1n) is 6.23. The van der Waals surface area contributed by atoms with Gasteiger partial charge in [-0.2, -0.15) is 4.31 Å². The predicted molar refractivity (Wildman–Crippen MR) is 77.7 cm³/mol. The van der Waals surface area contributed by atoms with E-state index in [9.17, 15) is 8.42 Å². The lowest BCUT2D eigenvalue weighted by Crippen LogP contribution is -2.40. The van der Waals surface area contributed by atoms with Gasteiger partial charge in [0.25, 0.3) is 0 Å². The predicted octanol–water partition coefficient (Wildman–Crippen LogP) is 2.56. The Morgan fingerprint density at radius 2 is 1.89 bits per heavy atom. The molecule has 19 heavy (non-hydrogen) atoms. The number of nitrogens with zero attached hydrogens (tertiary/aromatic N) is 1. The maximum absolute atomic E-state index is 12.6. The second-order valence-corrected chi connectivity index (χ2v) is 7.66. The van der Waals surface area contributed by atoms with Crippen LogP contribution in [0.25, 0.3) is 0 Å². The highest BCUT2D eigenvalue weighted by Crippen LogP contribution is 2.25. The molecule has 4 nitrogen and oxygen atoms in total. The minimum Gasteiger partial charge on any atom is -0.381 e. The lowest BCUT2D eigenvalue weighted by molar-refractivity contribution is 0.0604. The Morgan fingerprint density at radius 1 is 1.26 bits per heavy atom. The number of rotatable bonds is 3. The fourth-order valence-electron chi connectivity index (χ4n) is 2.31. The molecule has 1 heterocycles. The molecular formula is C13H18BrNO3S.